The Balaban J connectivity index is 2.18. The highest BCUT2D eigenvalue weighted by Crippen LogP contribution is 2.52. The average molecular weight is 384 g/mol. The molecule has 2 rings (SSSR count). The van der Waals surface area contributed by atoms with Crippen molar-refractivity contribution in [3.63, 3.8) is 0 Å². The molecular formula is C17H22BrNO4. The molecule has 0 unspecified atom stereocenters. The van der Waals surface area contributed by atoms with E-state index in [1.54, 1.807) is 27.7 Å². The number of halogens is 1. The Labute approximate surface area is 144 Å². The number of carbonyl (C=O) groups is 2. The molecule has 0 bridgehead atoms. The number of hydrogen-bond acceptors (Lipinski definition) is 4. The molecule has 1 N–H and O–H groups in total. The van der Waals surface area contributed by atoms with Crippen LogP contribution in [0.15, 0.2) is 28.7 Å². The minimum Gasteiger partial charge on any atom is -0.464 e. The van der Waals surface area contributed by atoms with Gasteiger partial charge in [-0.1, -0.05) is 28.1 Å². The van der Waals surface area contributed by atoms with Crippen LogP contribution in [0.1, 0.15) is 45.6 Å². The van der Waals surface area contributed by atoms with Crippen molar-refractivity contribution in [3.8, 4) is 0 Å². The second kappa shape index (κ2) is 6.51. The molecule has 0 aromatic heterocycles. The molecule has 0 spiro atoms. The number of hydrogen-bond donors (Lipinski definition) is 1. The third-order valence-electron chi connectivity index (χ3n) is 3.60. The van der Waals surface area contributed by atoms with E-state index < -0.39 is 23.2 Å². The third-order valence-corrected chi connectivity index (χ3v) is 4.13. The molecule has 1 aliphatic rings. The molecule has 0 aliphatic heterocycles. The predicted molar refractivity (Wildman–Crippen MR) is 90.2 cm³/mol. The van der Waals surface area contributed by atoms with Crippen LogP contribution >= 0.6 is 15.9 Å². The smallest absolute Gasteiger partial charge is 0.408 e. The Kier molecular flexibility index (Phi) is 5.04. The molecule has 1 aliphatic carbocycles. The van der Waals surface area contributed by atoms with Crippen molar-refractivity contribution in [1.29, 1.82) is 0 Å². The highest BCUT2D eigenvalue weighted by atomic mass is 79.9. The Morgan fingerprint density at radius 2 is 1.91 bits per heavy atom. The van der Waals surface area contributed by atoms with E-state index in [9.17, 15) is 9.59 Å². The largest absolute Gasteiger partial charge is 0.464 e. The van der Waals surface area contributed by atoms with Crippen LogP contribution in [-0.4, -0.2) is 29.8 Å². The molecule has 6 heteroatoms. The molecule has 1 amide bonds. The zero-order chi connectivity index (χ0) is 17.3. The van der Waals surface area contributed by atoms with E-state index in [0.717, 1.165) is 10.0 Å². The van der Waals surface area contributed by atoms with Gasteiger partial charge in [0.15, 0.2) is 0 Å². The standard InChI is InChI=1S/C17H22BrNO4/c1-5-22-14(20)17(19-15(21)23-16(2,3)4)10-13(17)11-6-8-12(18)9-7-11/h6-9,13H,5,10H2,1-4H3,(H,19,21)/t13-,17+/m0/s1. The van der Waals surface area contributed by atoms with Crippen LogP contribution in [0.25, 0.3) is 0 Å². The summed E-state index contributed by atoms with van der Waals surface area (Å²) >= 11 is 3.39. The first-order valence-corrected chi connectivity index (χ1v) is 8.41. The molecule has 1 saturated carbocycles. The molecule has 0 radical (unpaired) electrons. The predicted octanol–water partition coefficient (Wildman–Crippen LogP) is 3.76. The maximum Gasteiger partial charge on any atom is 0.408 e. The van der Waals surface area contributed by atoms with Crippen LogP contribution in [0.5, 0.6) is 0 Å². The van der Waals surface area contributed by atoms with E-state index in [1.165, 1.54) is 0 Å². The van der Waals surface area contributed by atoms with Gasteiger partial charge in [0.25, 0.3) is 0 Å². The van der Waals surface area contributed by atoms with E-state index in [1.807, 2.05) is 24.3 Å². The van der Waals surface area contributed by atoms with Crippen LogP contribution in [0.2, 0.25) is 0 Å². The van der Waals surface area contributed by atoms with Crippen LogP contribution in [-0.2, 0) is 14.3 Å². The summed E-state index contributed by atoms with van der Waals surface area (Å²) in [6, 6.07) is 7.70. The van der Waals surface area contributed by atoms with Crippen molar-refractivity contribution in [2.24, 2.45) is 0 Å². The summed E-state index contributed by atoms with van der Waals surface area (Å²) in [5.41, 5.74) is -0.675. The van der Waals surface area contributed by atoms with Crippen molar-refractivity contribution in [2.75, 3.05) is 6.61 Å². The Morgan fingerprint density at radius 1 is 1.30 bits per heavy atom. The molecule has 0 heterocycles. The highest BCUT2D eigenvalue weighted by Gasteiger charge is 2.63. The van der Waals surface area contributed by atoms with Gasteiger partial charge in [-0.2, -0.15) is 0 Å². The van der Waals surface area contributed by atoms with Crippen molar-refractivity contribution >= 4 is 28.0 Å². The summed E-state index contributed by atoms with van der Waals surface area (Å²) in [4.78, 5) is 24.5. The van der Waals surface area contributed by atoms with Gasteiger partial charge in [0.2, 0.25) is 0 Å². The SMILES string of the molecule is CCOC(=O)[C@@]1(NC(=O)OC(C)(C)C)C[C@H]1c1ccc(Br)cc1. The van der Waals surface area contributed by atoms with E-state index in [0.29, 0.717) is 6.42 Å². The van der Waals surface area contributed by atoms with Gasteiger partial charge >= 0.3 is 12.1 Å². The van der Waals surface area contributed by atoms with Crippen LogP contribution in [0.3, 0.4) is 0 Å². The number of ether oxygens (including phenoxy) is 2. The fourth-order valence-corrected chi connectivity index (χ4v) is 2.79. The van der Waals surface area contributed by atoms with Gasteiger partial charge in [0.05, 0.1) is 6.61 Å². The minimum atomic E-state index is -1.04. The summed E-state index contributed by atoms with van der Waals surface area (Å²) in [7, 11) is 0. The molecule has 1 fully saturated rings. The normalized spacial score (nSPS) is 23.1. The zero-order valence-electron chi connectivity index (χ0n) is 13.8. The molecule has 1 aromatic carbocycles. The fraction of sp³-hybridized carbons (Fsp3) is 0.529. The number of rotatable bonds is 4. The topological polar surface area (TPSA) is 64.6 Å². The molecule has 5 nitrogen and oxygen atoms in total. The van der Waals surface area contributed by atoms with Crippen LogP contribution in [0, 0.1) is 0 Å². The summed E-state index contributed by atoms with van der Waals surface area (Å²) in [6.45, 7) is 7.36. The molecular weight excluding hydrogens is 362 g/mol. The number of esters is 1. The van der Waals surface area contributed by atoms with Crippen molar-refractivity contribution in [3.05, 3.63) is 34.3 Å². The van der Waals surface area contributed by atoms with Gasteiger partial charge in [-0.05, 0) is 51.8 Å². The first-order valence-electron chi connectivity index (χ1n) is 7.62. The minimum absolute atomic E-state index is 0.109. The van der Waals surface area contributed by atoms with Crippen LogP contribution < -0.4 is 5.32 Å². The van der Waals surface area contributed by atoms with Gasteiger partial charge in [0.1, 0.15) is 11.1 Å². The third kappa shape index (κ3) is 4.25. The average Bonchev–Trinajstić information content (AvgIpc) is 3.13. The number of nitrogens with one attached hydrogen (secondary N) is 1. The fourth-order valence-electron chi connectivity index (χ4n) is 2.52. The lowest BCUT2D eigenvalue weighted by Gasteiger charge is -2.23. The Bertz CT molecular complexity index is 594. The molecule has 1 aromatic rings. The summed E-state index contributed by atoms with van der Waals surface area (Å²) in [6.07, 6.45) is -0.0997. The van der Waals surface area contributed by atoms with Gasteiger partial charge < -0.3 is 14.8 Å². The van der Waals surface area contributed by atoms with Gasteiger partial charge in [0, 0.05) is 10.4 Å². The van der Waals surface area contributed by atoms with Crippen molar-refractivity contribution < 1.29 is 19.1 Å². The molecule has 0 saturated heterocycles. The van der Waals surface area contributed by atoms with E-state index >= 15 is 0 Å². The quantitative estimate of drug-likeness (QED) is 0.803. The van der Waals surface area contributed by atoms with Crippen LogP contribution in [0.4, 0.5) is 4.79 Å². The molecule has 2 atom stereocenters. The molecule has 23 heavy (non-hydrogen) atoms. The monoisotopic (exact) mass is 383 g/mol. The first-order chi connectivity index (χ1) is 10.7. The number of carbonyl (C=O) groups excluding carboxylic acids is 2. The van der Waals surface area contributed by atoms with Gasteiger partial charge in [-0.15, -0.1) is 0 Å². The summed E-state index contributed by atoms with van der Waals surface area (Å²) < 4.78 is 11.4. The van der Waals surface area contributed by atoms with Gasteiger partial charge in [-0.3, -0.25) is 0 Å². The lowest BCUT2D eigenvalue weighted by atomic mass is 10.1. The maximum atomic E-state index is 12.4. The Hall–Kier alpha value is -1.56. The number of amides is 1. The number of alkyl carbamates (subject to hydrolysis) is 1. The lowest BCUT2D eigenvalue weighted by Crippen LogP contribution is -2.47. The first kappa shape index (κ1) is 17.8. The van der Waals surface area contributed by atoms with E-state index in [4.69, 9.17) is 9.47 Å². The second-order valence-electron chi connectivity index (χ2n) is 6.63. The molecule has 126 valence electrons. The summed E-state index contributed by atoms with van der Waals surface area (Å²) in [5.74, 6) is -0.527. The highest BCUT2D eigenvalue weighted by molar-refractivity contribution is 9.10. The lowest BCUT2D eigenvalue weighted by molar-refractivity contribution is -0.147. The van der Waals surface area contributed by atoms with Gasteiger partial charge in [-0.25, -0.2) is 9.59 Å². The van der Waals surface area contributed by atoms with Crippen molar-refractivity contribution in [1.82, 2.24) is 5.32 Å². The van der Waals surface area contributed by atoms with E-state index in [-0.39, 0.29) is 12.5 Å². The Morgan fingerprint density at radius 3 is 2.43 bits per heavy atom. The second-order valence-corrected chi connectivity index (χ2v) is 7.54. The zero-order valence-corrected chi connectivity index (χ0v) is 15.4. The summed E-state index contributed by atoms with van der Waals surface area (Å²) in [5, 5.41) is 2.72. The number of benzene rings is 1. The van der Waals surface area contributed by atoms with E-state index in [2.05, 4.69) is 21.2 Å². The van der Waals surface area contributed by atoms with Crippen molar-refractivity contribution in [2.45, 2.75) is 51.2 Å². The maximum absolute atomic E-state index is 12.4.